The summed E-state index contributed by atoms with van der Waals surface area (Å²) in [6, 6.07) is 21.4. The Morgan fingerprint density at radius 1 is 1.00 bits per heavy atom. The molecule has 1 amide bonds. The van der Waals surface area contributed by atoms with Gasteiger partial charge in [-0.05, 0) is 54.3 Å². The molecule has 0 aliphatic carbocycles. The van der Waals surface area contributed by atoms with Crippen LogP contribution in [0.2, 0.25) is 5.02 Å². The summed E-state index contributed by atoms with van der Waals surface area (Å²) in [5, 5.41) is 5.75. The van der Waals surface area contributed by atoms with E-state index in [-0.39, 0.29) is 5.91 Å². The van der Waals surface area contributed by atoms with Gasteiger partial charge in [-0.2, -0.15) is 5.10 Å². The van der Waals surface area contributed by atoms with E-state index in [4.69, 9.17) is 11.6 Å². The van der Waals surface area contributed by atoms with Crippen LogP contribution in [0.5, 0.6) is 0 Å². The van der Waals surface area contributed by atoms with Crippen molar-refractivity contribution in [3.8, 4) is 11.1 Å². The Morgan fingerprint density at radius 2 is 1.76 bits per heavy atom. The summed E-state index contributed by atoms with van der Waals surface area (Å²) < 4.78 is 0. The number of hydrogen-bond donors (Lipinski definition) is 2. The smallest absolute Gasteiger partial charge is 0.288 e. The van der Waals surface area contributed by atoms with Crippen molar-refractivity contribution in [1.82, 2.24) is 10.4 Å². The van der Waals surface area contributed by atoms with Gasteiger partial charge in [0, 0.05) is 21.5 Å². The molecule has 0 radical (unpaired) electrons. The molecule has 3 aromatic carbocycles. The van der Waals surface area contributed by atoms with E-state index in [0.29, 0.717) is 10.7 Å². The van der Waals surface area contributed by atoms with Gasteiger partial charge >= 0.3 is 0 Å². The molecule has 0 fully saturated rings. The number of fused-ring (bicyclic) bond motifs is 1. The molecule has 1 heterocycles. The first-order chi connectivity index (χ1) is 14.0. The van der Waals surface area contributed by atoms with Crippen LogP contribution in [0.3, 0.4) is 0 Å². The highest BCUT2D eigenvalue weighted by Gasteiger charge is 2.19. The van der Waals surface area contributed by atoms with Crippen LogP contribution >= 0.6 is 11.6 Å². The molecule has 1 aromatic heterocycles. The fourth-order valence-electron chi connectivity index (χ4n) is 3.28. The molecule has 0 spiro atoms. The van der Waals surface area contributed by atoms with Gasteiger partial charge in [0.25, 0.3) is 5.91 Å². The summed E-state index contributed by atoms with van der Waals surface area (Å²) in [5.41, 5.74) is 9.14. The first-order valence-corrected chi connectivity index (χ1v) is 9.68. The van der Waals surface area contributed by atoms with Gasteiger partial charge in [-0.3, -0.25) is 4.79 Å². The predicted octanol–water partition coefficient (Wildman–Crippen LogP) is 5.87. The Kier molecular flexibility index (Phi) is 5.19. The number of amides is 1. The van der Waals surface area contributed by atoms with E-state index < -0.39 is 0 Å². The maximum atomic E-state index is 12.9. The second kappa shape index (κ2) is 7.94. The molecule has 5 heteroatoms. The van der Waals surface area contributed by atoms with Gasteiger partial charge in [-0.15, -0.1) is 0 Å². The maximum Gasteiger partial charge on any atom is 0.288 e. The third-order valence-corrected chi connectivity index (χ3v) is 5.23. The highest BCUT2D eigenvalue weighted by atomic mass is 35.5. The van der Waals surface area contributed by atoms with Gasteiger partial charge in [0.15, 0.2) is 0 Å². The minimum absolute atomic E-state index is 0.292. The minimum atomic E-state index is -0.292. The number of aromatic nitrogens is 1. The summed E-state index contributed by atoms with van der Waals surface area (Å²) in [7, 11) is 0. The van der Waals surface area contributed by atoms with Crippen LogP contribution in [0.4, 0.5) is 0 Å². The Hall–Kier alpha value is -3.37. The van der Waals surface area contributed by atoms with Crippen LogP contribution in [-0.4, -0.2) is 17.1 Å². The van der Waals surface area contributed by atoms with Crippen LogP contribution in [0, 0.1) is 13.8 Å². The van der Waals surface area contributed by atoms with Crippen molar-refractivity contribution < 1.29 is 4.79 Å². The van der Waals surface area contributed by atoms with Gasteiger partial charge < -0.3 is 4.98 Å². The van der Waals surface area contributed by atoms with Crippen LogP contribution in [0.1, 0.15) is 27.2 Å². The number of hydrazone groups is 1. The molecule has 0 saturated carbocycles. The lowest BCUT2D eigenvalue weighted by Crippen LogP contribution is -2.18. The van der Waals surface area contributed by atoms with Gasteiger partial charge in [0.05, 0.1) is 6.21 Å². The number of carbonyl (C=O) groups is 1. The quantitative estimate of drug-likeness (QED) is 0.326. The summed E-state index contributed by atoms with van der Waals surface area (Å²) in [6.07, 6.45) is 1.59. The monoisotopic (exact) mass is 401 g/mol. The molecule has 144 valence electrons. The zero-order chi connectivity index (χ0) is 20.4. The SMILES string of the molecule is Cc1ccc(-c2c(C(=O)N/N=C/c3ccc(Cl)cc3)[nH]c3ccccc23)cc1C. The minimum Gasteiger partial charge on any atom is -0.350 e. The Balaban J connectivity index is 1.70. The van der Waals surface area contributed by atoms with Gasteiger partial charge in [-0.1, -0.05) is 60.1 Å². The van der Waals surface area contributed by atoms with Crippen LogP contribution in [0.15, 0.2) is 71.8 Å². The molecular formula is C24H20ClN3O. The molecular weight excluding hydrogens is 382 g/mol. The highest BCUT2D eigenvalue weighted by Crippen LogP contribution is 2.33. The molecule has 0 saturated heterocycles. The molecule has 0 bridgehead atoms. The second-order valence-corrected chi connectivity index (χ2v) is 7.41. The average Bonchev–Trinajstić information content (AvgIpc) is 3.11. The summed E-state index contributed by atoms with van der Waals surface area (Å²) >= 11 is 5.89. The summed E-state index contributed by atoms with van der Waals surface area (Å²) in [5.74, 6) is -0.292. The van der Waals surface area contributed by atoms with Crippen molar-refractivity contribution in [2.45, 2.75) is 13.8 Å². The number of nitrogens with zero attached hydrogens (tertiary/aromatic N) is 1. The van der Waals surface area contributed by atoms with Gasteiger partial charge in [0.1, 0.15) is 5.69 Å². The third-order valence-electron chi connectivity index (χ3n) is 4.98. The van der Waals surface area contributed by atoms with E-state index in [1.54, 1.807) is 18.3 Å². The summed E-state index contributed by atoms with van der Waals surface area (Å²) in [6.45, 7) is 4.15. The number of para-hydroxylation sites is 1. The first-order valence-electron chi connectivity index (χ1n) is 9.30. The fourth-order valence-corrected chi connectivity index (χ4v) is 3.41. The molecule has 0 aliphatic heterocycles. The predicted molar refractivity (Wildman–Crippen MR) is 120 cm³/mol. The van der Waals surface area contributed by atoms with Gasteiger partial charge in [0.2, 0.25) is 0 Å². The zero-order valence-electron chi connectivity index (χ0n) is 16.2. The number of benzene rings is 3. The molecule has 29 heavy (non-hydrogen) atoms. The second-order valence-electron chi connectivity index (χ2n) is 6.97. The van der Waals surface area contributed by atoms with Crippen molar-refractivity contribution in [3.63, 3.8) is 0 Å². The number of H-pyrrole nitrogens is 1. The Labute approximate surface area is 174 Å². The lowest BCUT2D eigenvalue weighted by atomic mass is 9.98. The molecule has 0 aliphatic rings. The van der Waals surface area contributed by atoms with E-state index in [0.717, 1.165) is 27.6 Å². The standard InChI is InChI=1S/C24H20ClN3O/c1-15-7-10-18(13-16(15)2)22-20-5-3-4-6-21(20)27-23(22)24(29)28-26-14-17-8-11-19(25)12-9-17/h3-14,27H,1-2H3,(H,28,29)/b26-14+. The Bertz CT molecular complexity index is 1220. The molecule has 0 unspecified atom stereocenters. The van der Waals surface area contributed by atoms with Crippen LogP contribution < -0.4 is 5.43 Å². The number of halogens is 1. The lowest BCUT2D eigenvalue weighted by molar-refractivity contribution is 0.0951. The highest BCUT2D eigenvalue weighted by molar-refractivity contribution is 6.30. The van der Waals surface area contributed by atoms with Crippen molar-refractivity contribution in [2.75, 3.05) is 0 Å². The van der Waals surface area contributed by atoms with E-state index in [1.807, 2.05) is 42.5 Å². The average molecular weight is 402 g/mol. The fraction of sp³-hybridized carbons (Fsp3) is 0.0833. The van der Waals surface area contributed by atoms with Crippen LogP contribution in [0.25, 0.3) is 22.0 Å². The van der Waals surface area contributed by atoms with Crippen molar-refractivity contribution in [3.05, 3.63) is 94.1 Å². The molecule has 4 aromatic rings. The summed E-state index contributed by atoms with van der Waals surface area (Å²) in [4.78, 5) is 16.2. The van der Waals surface area contributed by atoms with Crippen LogP contribution in [-0.2, 0) is 0 Å². The maximum absolute atomic E-state index is 12.9. The van der Waals surface area contributed by atoms with E-state index in [2.05, 4.69) is 41.5 Å². The number of rotatable bonds is 4. The van der Waals surface area contributed by atoms with Crippen molar-refractivity contribution >= 4 is 34.6 Å². The number of aromatic amines is 1. The lowest BCUT2D eigenvalue weighted by Gasteiger charge is -2.07. The molecule has 4 nitrogen and oxygen atoms in total. The first kappa shape index (κ1) is 19.0. The van der Waals surface area contributed by atoms with Crippen molar-refractivity contribution in [1.29, 1.82) is 0 Å². The number of carbonyl (C=O) groups excluding carboxylic acids is 1. The topological polar surface area (TPSA) is 57.2 Å². The normalized spacial score (nSPS) is 11.3. The molecule has 2 N–H and O–H groups in total. The molecule has 4 rings (SSSR count). The van der Waals surface area contributed by atoms with E-state index in [1.165, 1.54) is 11.1 Å². The zero-order valence-corrected chi connectivity index (χ0v) is 16.9. The largest absolute Gasteiger partial charge is 0.350 e. The number of aryl methyl sites for hydroxylation is 2. The number of nitrogens with one attached hydrogen (secondary N) is 2. The third kappa shape index (κ3) is 3.93. The Morgan fingerprint density at radius 3 is 2.52 bits per heavy atom. The van der Waals surface area contributed by atoms with Gasteiger partial charge in [-0.25, -0.2) is 5.43 Å². The molecule has 0 atom stereocenters. The van der Waals surface area contributed by atoms with E-state index >= 15 is 0 Å². The van der Waals surface area contributed by atoms with E-state index in [9.17, 15) is 4.79 Å². The van der Waals surface area contributed by atoms with Crippen molar-refractivity contribution in [2.24, 2.45) is 5.10 Å². The number of hydrogen-bond acceptors (Lipinski definition) is 2.